The van der Waals surface area contributed by atoms with Gasteiger partial charge in [0.15, 0.2) is 0 Å². The molecule has 0 saturated carbocycles. The van der Waals surface area contributed by atoms with Gasteiger partial charge in [-0.2, -0.15) is 4.31 Å². The standard InChI is InChI=1S/C23H29N3O4S/c1-15-14-16(2)18(4)21(17(15)3)31(29,30)26-12-10-20(11-13-26)23(28)25-24-22(27)19-8-6-5-7-9-19/h5-9,14,20H,10-13H2,1-4H3,(H,24,27)(H,25,28). The van der Waals surface area contributed by atoms with Crippen LogP contribution < -0.4 is 10.9 Å². The highest BCUT2D eigenvalue weighted by atomic mass is 32.2. The second kappa shape index (κ2) is 9.20. The van der Waals surface area contributed by atoms with Crippen LogP contribution in [0.4, 0.5) is 0 Å². The monoisotopic (exact) mass is 443 g/mol. The van der Waals surface area contributed by atoms with Crippen molar-refractivity contribution in [1.82, 2.24) is 15.2 Å². The lowest BCUT2D eigenvalue weighted by Gasteiger charge is -2.31. The summed E-state index contributed by atoms with van der Waals surface area (Å²) < 4.78 is 28.2. The van der Waals surface area contributed by atoms with Crippen molar-refractivity contribution in [1.29, 1.82) is 0 Å². The molecular formula is C23H29N3O4S. The van der Waals surface area contributed by atoms with Crippen LogP contribution in [0.15, 0.2) is 41.3 Å². The number of nitrogens with one attached hydrogen (secondary N) is 2. The van der Waals surface area contributed by atoms with Gasteiger partial charge in [0.25, 0.3) is 5.91 Å². The molecule has 0 spiro atoms. The Morgan fingerprint density at radius 2 is 1.45 bits per heavy atom. The summed E-state index contributed by atoms with van der Waals surface area (Å²) in [6, 6.07) is 10.6. The fourth-order valence-electron chi connectivity index (χ4n) is 3.94. The second-order valence-electron chi connectivity index (χ2n) is 8.08. The zero-order valence-electron chi connectivity index (χ0n) is 18.4. The first kappa shape index (κ1) is 23.0. The number of aryl methyl sites for hydroxylation is 2. The Morgan fingerprint density at radius 3 is 2.00 bits per heavy atom. The number of piperidine rings is 1. The molecule has 2 amide bonds. The molecule has 0 bridgehead atoms. The van der Waals surface area contributed by atoms with Gasteiger partial charge in [-0.1, -0.05) is 24.3 Å². The highest BCUT2D eigenvalue weighted by Gasteiger charge is 2.34. The molecule has 3 rings (SSSR count). The number of rotatable bonds is 4. The van der Waals surface area contributed by atoms with Crippen molar-refractivity contribution in [2.75, 3.05) is 13.1 Å². The molecule has 8 heteroatoms. The number of hydrazine groups is 1. The molecule has 0 aromatic heterocycles. The van der Waals surface area contributed by atoms with Crippen LogP contribution in [0.1, 0.15) is 45.5 Å². The van der Waals surface area contributed by atoms with Gasteiger partial charge in [-0.15, -0.1) is 0 Å². The van der Waals surface area contributed by atoms with Crippen LogP contribution in [0.5, 0.6) is 0 Å². The highest BCUT2D eigenvalue weighted by molar-refractivity contribution is 7.89. The lowest BCUT2D eigenvalue weighted by molar-refractivity contribution is -0.126. The minimum Gasteiger partial charge on any atom is -0.273 e. The van der Waals surface area contributed by atoms with E-state index in [-0.39, 0.29) is 24.9 Å². The average Bonchev–Trinajstić information content (AvgIpc) is 2.76. The van der Waals surface area contributed by atoms with E-state index in [1.807, 2.05) is 33.8 Å². The van der Waals surface area contributed by atoms with Crippen molar-refractivity contribution in [3.8, 4) is 0 Å². The maximum Gasteiger partial charge on any atom is 0.269 e. The number of amides is 2. The largest absolute Gasteiger partial charge is 0.273 e. The maximum absolute atomic E-state index is 13.4. The summed E-state index contributed by atoms with van der Waals surface area (Å²) in [5, 5.41) is 0. The van der Waals surface area contributed by atoms with E-state index in [9.17, 15) is 18.0 Å². The topological polar surface area (TPSA) is 95.6 Å². The summed E-state index contributed by atoms with van der Waals surface area (Å²) in [6.07, 6.45) is 0.796. The Labute approximate surface area is 183 Å². The van der Waals surface area contributed by atoms with Crippen LogP contribution in [0, 0.1) is 33.6 Å². The minimum atomic E-state index is -3.65. The van der Waals surface area contributed by atoms with Crippen LogP contribution in [0.25, 0.3) is 0 Å². The van der Waals surface area contributed by atoms with E-state index in [0.717, 1.165) is 22.3 Å². The highest BCUT2D eigenvalue weighted by Crippen LogP contribution is 2.31. The molecule has 0 radical (unpaired) electrons. The van der Waals surface area contributed by atoms with Crippen LogP contribution in [0.3, 0.4) is 0 Å². The van der Waals surface area contributed by atoms with Gasteiger partial charge in [-0.05, 0) is 74.9 Å². The van der Waals surface area contributed by atoms with E-state index in [2.05, 4.69) is 10.9 Å². The van der Waals surface area contributed by atoms with Crippen molar-refractivity contribution in [2.24, 2.45) is 5.92 Å². The van der Waals surface area contributed by atoms with E-state index < -0.39 is 15.9 Å². The first-order chi connectivity index (χ1) is 14.6. The second-order valence-corrected chi connectivity index (χ2v) is 9.95. The summed E-state index contributed by atoms with van der Waals surface area (Å²) in [5.41, 5.74) is 8.77. The van der Waals surface area contributed by atoms with Crippen LogP contribution in [-0.2, 0) is 14.8 Å². The molecular weight excluding hydrogens is 414 g/mol. The Kier molecular flexibility index (Phi) is 6.81. The molecule has 1 fully saturated rings. The van der Waals surface area contributed by atoms with Gasteiger partial charge in [-0.3, -0.25) is 20.4 Å². The van der Waals surface area contributed by atoms with Crippen molar-refractivity contribution in [3.63, 3.8) is 0 Å². The molecule has 7 nitrogen and oxygen atoms in total. The lowest BCUT2D eigenvalue weighted by atomic mass is 9.98. The van der Waals surface area contributed by atoms with E-state index >= 15 is 0 Å². The van der Waals surface area contributed by atoms with Crippen molar-refractivity contribution < 1.29 is 18.0 Å². The van der Waals surface area contributed by atoms with Gasteiger partial charge in [0, 0.05) is 24.6 Å². The zero-order valence-corrected chi connectivity index (χ0v) is 19.2. The molecule has 2 N–H and O–H groups in total. The van der Waals surface area contributed by atoms with Gasteiger partial charge in [0.2, 0.25) is 15.9 Å². The van der Waals surface area contributed by atoms with E-state index in [1.165, 1.54) is 4.31 Å². The predicted molar refractivity (Wildman–Crippen MR) is 119 cm³/mol. The molecule has 0 unspecified atom stereocenters. The number of benzene rings is 2. The zero-order chi connectivity index (χ0) is 22.8. The summed E-state index contributed by atoms with van der Waals surface area (Å²) in [6.45, 7) is 8.04. The molecule has 2 aromatic carbocycles. The Morgan fingerprint density at radius 1 is 0.903 bits per heavy atom. The molecule has 0 aliphatic carbocycles. The number of hydrogen-bond donors (Lipinski definition) is 2. The number of carbonyl (C=O) groups is 2. The van der Waals surface area contributed by atoms with Crippen LogP contribution >= 0.6 is 0 Å². The Hall–Kier alpha value is -2.71. The number of sulfonamides is 1. The molecule has 1 heterocycles. The summed E-state index contributed by atoms with van der Waals surface area (Å²) >= 11 is 0. The fourth-order valence-corrected chi connectivity index (χ4v) is 5.98. The molecule has 31 heavy (non-hydrogen) atoms. The number of nitrogens with zero attached hydrogens (tertiary/aromatic N) is 1. The Bertz CT molecular complexity index is 1060. The van der Waals surface area contributed by atoms with E-state index in [0.29, 0.717) is 23.3 Å². The van der Waals surface area contributed by atoms with Gasteiger partial charge in [0.05, 0.1) is 4.90 Å². The third-order valence-corrected chi connectivity index (χ3v) is 8.23. The predicted octanol–water partition coefficient (Wildman–Crippen LogP) is 2.78. The maximum atomic E-state index is 13.4. The summed E-state index contributed by atoms with van der Waals surface area (Å²) in [7, 11) is -3.65. The molecule has 166 valence electrons. The smallest absolute Gasteiger partial charge is 0.269 e. The van der Waals surface area contributed by atoms with Crippen molar-refractivity contribution in [3.05, 3.63) is 64.2 Å². The van der Waals surface area contributed by atoms with Gasteiger partial charge < -0.3 is 0 Å². The molecule has 0 atom stereocenters. The van der Waals surface area contributed by atoms with Gasteiger partial charge in [0.1, 0.15) is 0 Å². The third-order valence-electron chi connectivity index (χ3n) is 6.06. The van der Waals surface area contributed by atoms with Gasteiger partial charge >= 0.3 is 0 Å². The first-order valence-electron chi connectivity index (χ1n) is 10.4. The Balaban J connectivity index is 1.63. The fraction of sp³-hybridized carbons (Fsp3) is 0.391. The summed E-state index contributed by atoms with van der Waals surface area (Å²) in [4.78, 5) is 24.9. The minimum absolute atomic E-state index is 0.263. The first-order valence-corrected chi connectivity index (χ1v) is 11.8. The number of hydrogen-bond acceptors (Lipinski definition) is 4. The van der Waals surface area contributed by atoms with E-state index in [1.54, 1.807) is 30.3 Å². The lowest BCUT2D eigenvalue weighted by Crippen LogP contribution is -2.48. The van der Waals surface area contributed by atoms with Crippen LogP contribution in [-0.4, -0.2) is 37.6 Å². The summed E-state index contributed by atoms with van der Waals surface area (Å²) in [5.74, 6) is -1.06. The van der Waals surface area contributed by atoms with E-state index in [4.69, 9.17) is 0 Å². The van der Waals surface area contributed by atoms with Gasteiger partial charge in [-0.25, -0.2) is 8.42 Å². The quantitative estimate of drug-likeness (QED) is 0.711. The van der Waals surface area contributed by atoms with Crippen LogP contribution in [0.2, 0.25) is 0 Å². The number of carbonyl (C=O) groups excluding carboxylic acids is 2. The molecule has 1 saturated heterocycles. The molecule has 2 aromatic rings. The molecule has 1 aliphatic heterocycles. The van der Waals surface area contributed by atoms with Crippen molar-refractivity contribution >= 4 is 21.8 Å². The normalized spacial score (nSPS) is 15.5. The van der Waals surface area contributed by atoms with Crippen molar-refractivity contribution in [2.45, 2.75) is 45.4 Å². The average molecular weight is 444 g/mol. The molecule has 1 aliphatic rings. The third kappa shape index (κ3) is 4.80. The SMILES string of the molecule is Cc1cc(C)c(C)c(S(=O)(=O)N2CCC(C(=O)NNC(=O)c3ccccc3)CC2)c1C.